The Bertz CT molecular complexity index is 1340. The number of sulfonamides is 1. The van der Waals surface area contributed by atoms with Gasteiger partial charge < -0.3 is 0 Å². The minimum absolute atomic E-state index is 0.0496. The molecule has 1 aliphatic rings. The van der Waals surface area contributed by atoms with Gasteiger partial charge in [0.25, 0.3) is 5.56 Å². The SMILES string of the molecule is Cn1ccc([C@@H]2CCCCCN2S(=O)(=O)c2ccc3c(c2)c(=O)n(C)c(=O)n3C)n1. The van der Waals surface area contributed by atoms with Crippen molar-refractivity contribution in [2.45, 2.75) is 36.6 Å². The molecule has 3 heterocycles. The van der Waals surface area contributed by atoms with Crippen LogP contribution >= 0.6 is 0 Å². The summed E-state index contributed by atoms with van der Waals surface area (Å²) in [7, 11) is 0.885. The molecule has 9 nitrogen and oxygen atoms in total. The Labute approximate surface area is 174 Å². The molecule has 30 heavy (non-hydrogen) atoms. The van der Waals surface area contributed by atoms with Gasteiger partial charge >= 0.3 is 5.69 Å². The van der Waals surface area contributed by atoms with E-state index in [1.807, 2.05) is 19.3 Å². The van der Waals surface area contributed by atoms with Crippen molar-refractivity contribution in [1.29, 1.82) is 0 Å². The lowest BCUT2D eigenvalue weighted by molar-refractivity contribution is 0.321. The fourth-order valence-electron chi connectivity index (χ4n) is 4.15. The molecule has 0 saturated carbocycles. The first kappa shape index (κ1) is 20.5. The summed E-state index contributed by atoms with van der Waals surface area (Å²) in [6, 6.07) is 5.88. The number of hydrogen-bond acceptors (Lipinski definition) is 5. The van der Waals surface area contributed by atoms with E-state index in [0.717, 1.165) is 29.5 Å². The van der Waals surface area contributed by atoms with Crippen LogP contribution in [0.2, 0.25) is 0 Å². The van der Waals surface area contributed by atoms with E-state index >= 15 is 0 Å². The fraction of sp³-hybridized carbons (Fsp3) is 0.450. The van der Waals surface area contributed by atoms with Crippen molar-refractivity contribution in [3.05, 3.63) is 57.0 Å². The largest absolute Gasteiger partial charge is 0.330 e. The van der Waals surface area contributed by atoms with Crippen molar-refractivity contribution < 1.29 is 8.42 Å². The molecule has 4 rings (SSSR count). The Hall–Kier alpha value is -2.72. The van der Waals surface area contributed by atoms with Crippen molar-refractivity contribution >= 4 is 20.9 Å². The molecule has 2 aromatic heterocycles. The van der Waals surface area contributed by atoms with Gasteiger partial charge in [0.05, 0.1) is 27.5 Å². The molecule has 0 spiro atoms. The van der Waals surface area contributed by atoms with Gasteiger partial charge in [-0.25, -0.2) is 13.2 Å². The summed E-state index contributed by atoms with van der Waals surface area (Å²) >= 11 is 0. The van der Waals surface area contributed by atoms with Crippen molar-refractivity contribution in [2.24, 2.45) is 21.1 Å². The topological polar surface area (TPSA) is 99.2 Å². The van der Waals surface area contributed by atoms with E-state index in [-0.39, 0.29) is 16.3 Å². The molecule has 10 heteroatoms. The average molecular weight is 432 g/mol. The molecule has 1 fully saturated rings. The van der Waals surface area contributed by atoms with Crippen LogP contribution < -0.4 is 11.2 Å². The summed E-state index contributed by atoms with van der Waals surface area (Å²) in [6.07, 6.45) is 5.15. The zero-order valence-corrected chi connectivity index (χ0v) is 18.1. The minimum Gasteiger partial charge on any atom is -0.296 e. The highest BCUT2D eigenvalue weighted by molar-refractivity contribution is 7.89. The quantitative estimate of drug-likeness (QED) is 0.622. The number of nitrogens with zero attached hydrogens (tertiary/aromatic N) is 5. The maximum absolute atomic E-state index is 13.6. The standard InChI is InChI=1S/C20H25N5O4S/c1-22-12-10-16(21-22)18-7-5-4-6-11-25(18)30(28,29)14-8-9-17-15(13-14)19(26)24(3)20(27)23(17)2/h8-10,12-13,18H,4-7,11H2,1-3H3/t18-/m0/s1. The van der Waals surface area contributed by atoms with Crippen molar-refractivity contribution in [3.63, 3.8) is 0 Å². The van der Waals surface area contributed by atoms with Crippen LogP contribution in [0.4, 0.5) is 0 Å². The van der Waals surface area contributed by atoms with Crippen LogP contribution in [-0.4, -0.2) is 38.2 Å². The van der Waals surface area contributed by atoms with Crippen LogP contribution in [0, 0.1) is 0 Å². The van der Waals surface area contributed by atoms with Crippen LogP contribution in [0.3, 0.4) is 0 Å². The predicted molar refractivity (Wildman–Crippen MR) is 113 cm³/mol. The second-order valence-corrected chi connectivity index (χ2v) is 9.67. The van der Waals surface area contributed by atoms with Gasteiger partial charge in [0.15, 0.2) is 0 Å². The van der Waals surface area contributed by atoms with E-state index in [9.17, 15) is 18.0 Å². The van der Waals surface area contributed by atoms with Crippen LogP contribution in [0.15, 0.2) is 44.9 Å². The second-order valence-electron chi connectivity index (χ2n) is 7.78. The van der Waals surface area contributed by atoms with E-state index < -0.39 is 21.3 Å². The summed E-state index contributed by atoms with van der Waals surface area (Å²) < 4.78 is 32.8. The summed E-state index contributed by atoms with van der Waals surface area (Å²) in [5, 5.41) is 4.65. The minimum atomic E-state index is -3.87. The molecule has 1 aromatic carbocycles. The van der Waals surface area contributed by atoms with Gasteiger partial charge in [-0.1, -0.05) is 12.8 Å². The van der Waals surface area contributed by atoms with E-state index in [1.54, 1.807) is 11.7 Å². The van der Waals surface area contributed by atoms with Crippen LogP contribution in [-0.2, 0) is 31.2 Å². The van der Waals surface area contributed by atoms with Gasteiger partial charge in [-0.3, -0.25) is 18.6 Å². The Morgan fingerprint density at radius 2 is 1.77 bits per heavy atom. The molecule has 0 N–H and O–H groups in total. The lowest BCUT2D eigenvalue weighted by Gasteiger charge is -2.28. The summed E-state index contributed by atoms with van der Waals surface area (Å²) in [4.78, 5) is 24.8. The maximum atomic E-state index is 13.6. The van der Waals surface area contributed by atoms with E-state index in [2.05, 4.69) is 5.10 Å². The highest BCUT2D eigenvalue weighted by Crippen LogP contribution is 2.34. The Balaban J connectivity index is 1.86. The van der Waals surface area contributed by atoms with Gasteiger partial charge in [-0.2, -0.15) is 9.40 Å². The van der Waals surface area contributed by atoms with Crippen molar-refractivity contribution in [3.8, 4) is 0 Å². The zero-order valence-electron chi connectivity index (χ0n) is 17.3. The van der Waals surface area contributed by atoms with E-state index in [0.29, 0.717) is 18.5 Å². The van der Waals surface area contributed by atoms with Crippen LogP contribution in [0.1, 0.15) is 37.4 Å². The summed E-state index contributed by atoms with van der Waals surface area (Å²) in [5.74, 6) is 0. The molecule has 1 atom stereocenters. The Morgan fingerprint density at radius 3 is 2.47 bits per heavy atom. The first-order chi connectivity index (χ1) is 14.2. The molecule has 0 aliphatic carbocycles. The molecular weight excluding hydrogens is 406 g/mol. The Morgan fingerprint density at radius 1 is 1.00 bits per heavy atom. The van der Waals surface area contributed by atoms with Gasteiger partial charge in [0, 0.05) is 33.9 Å². The highest BCUT2D eigenvalue weighted by Gasteiger charge is 2.35. The average Bonchev–Trinajstić information content (AvgIpc) is 3.00. The highest BCUT2D eigenvalue weighted by atomic mass is 32.2. The van der Waals surface area contributed by atoms with E-state index in [4.69, 9.17) is 0 Å². The molecule has 1 saturated heterocycles. The first-order valence-electron chi connectivity index (χ1n) is 9.93. The van der Waals surface area contributed by atoms with Crippen molar-refractivity contribution in [1.82, 2.24) is 23.2 Å². The summed E-state index contributed by atoms with van der Waals surface area (Å²) in [6.45, 7) is 0.396. The number of benzene rings is 1. The lowest BCUT2D eigenvalue weighted by Crippen LogP contribution is -2.37. The van der Waals surface area contributed by atoms with Gasteiger partial charge in [-0.05, 0) is 37.1 Å². The summed E-state index contributed by atoms with van der Waals surface area (Å²) in [5.41, 5.74) is 0.161. The van der Waals surface area contributed by atoms with Gasteiger partial charge in [-0.15, -0.1) is 0 Å². The number of hydrogen-bond donors (Lipinski definition) is 0. The second kappa shape index (κ2) is 7.51. The fourth-order valence-corrected chi connectivity index (χ4v) is 5.84. The molecule has 0 radical (unpaired) electrons. The Kier molecular flexibility index (Phi) is 5.15. The molecule has 0 unspecified atom stereocenters. The van der Waals surface area contributed by atoms with Crippen LogP contribution in [0.25, 0.3) is 10.9 Å². The van der Waals surface area contributed by atoms with E-state index in [1.165, 1.54) is 34.1 Å². The molecular formula is C20H25N5O4S. The first-order valence-corrected chi connectivity index (χ1v) is 11.4. The monoisotopic (exact) mass is 431 g/mol. The number of fused-ring (bicyclic) bond motifs is 1. The molecule has 1 aliphatic heterocycles. The normalized spacial score (nSPS) is 18.6. The number of rotatable bonds is 3. The third kappa shape index (κ3) is 3.29. The zero-order chi connectivity index (χ0) is 21.6. The molecule has 0 amide bonds. The molecule has 160 valence electrons. The van der Waals surface area contributed by atoms with Gasteiger partial charge in [0.2, 0.25) is 10.0 Å². The molecule has 0 bridgehead atoms. The third-order valence-corrected chi connectivity index (χ3v) is 7.73. The smallest absolute Gasteiger partial charge is 0.296 e. The van der Waals surface area contributed by atoms with Gasteiger partial charge in [0.1, 0.15) is 0 Å². The number of aryl methyl sites for hydroxylation is 2. The molecule has 3 aromatic rings. The predicted octanol–water partition coefficient (Wildman–Crippen LogP) is 1.28. The lowest BCUT2D eigenvalue weighted by atomic mass is 10.1. The van der Waals surface area contributed by atoms with Crippen molar-refractivity contribution in [2.75, 3.05) is 6.54 Å². The maximum Gasteiger partial charge on any atom is 0.330 e. The number of aromatic nitrogens is 4. The van der Waals surface area contributed by atoms with Crippen LogP contribution in [0.5, 0.6) is 0 Å². The third-order valence-electron chi connectivity index (χ3n) is 5.82.